The Bertz CT molecular complexity index is 1950. The molecule has 0 fully saturated rings. The van der Waals surface area contributed by atoms with Crippen molar-refractivity contribution in [2.75, 3.05) is 6.54 Å². The third-order valence-electron chi connectivity index (χ3n) is 8.63. The third kappa shape index (κ3) is 8.75. The Balaban J connectivity index is 1.39. The fraction of sp³-hybridized carbons (Fsp3) is 0.263. The van der Waals surface area contributed by atoms with Crippen molar-refractivity contribution in [1.82, 2.24) is 19.8 Å². The lowest BCUT2D eigenvalue weighted by Gasteiger charge is -2.32. The van der Waals surface area contributed by atoms with Crippen LogP contribution in [-0.4, -0.2) is 49.7 Å². The zero-order valence-electron chi connectivity index (χ0n) is 27.7. The number of carbonyl (C=O) groups excluding carboxylic acids is 3. The monoisotopic (exact) mass is 661 g/mol. The molecule has 0 spiro atoms. The number of nitrogens with zero attached hydrogens (tertiary/aromatic N) is 4. The average molecular weight is 662 g/mol. The van der Waals surface area contributed by atoms with Gasteiger partial charge in [-0.05, 0) is 39.9 Å². The number of fused-ring (bicyclic) bond motifs is 1. The third-order valence-corrected chi connectivity index (χ3v) is 8.63. The topological polar surface area (TPSA) is 137 Å². The van der Waals surface area contributed by atoms with Crippen LogP contribution >= 0.6 is 0 Å². The number of nitro groups is 1. The molecule has 1 N–H and O–H groups in total. The summed E-state index contributed by atoms with van der Waals surface area (Å²) in [4.78, 5) is 56.4. The van der Waals surface area contributed by atoms with E-state index >= 15 is 0 Å². The molecule has 0 saturated heterocycles. The van der Waals surface area contributed by atoms with Gasteiger partial charge in [-0.15, -0.1) is 0 Å². The normalized spacial score (nSPS) is 12.2. The second-order valence-electron chi connectivity index (χ2n) is 12.1. The molecule has 5 aromatic rings. The smallest absolute Gasteiger partial charge is 0.308 e. The molecule has 1 heterocycles. The van der Waals surface area contributed by atoms with Gasteiger partial charge in [-0.3, -0.25) is 24.5 Å². The molecule has 49 heavy (non-hydrogen) atoms. The molecular weight excluding hydrogens is 622 g/mol. The van der Waals surface area contributed by atoms with Crippen molar-refractivity contribution in [1.29, 1.82) is 0 Å². The molecular formula is C38H39N5O6. The van der Waals surface area contributed by atoms with Crippen molar-refractivity contribution in [3.63, 3.8) is 0 Å². The fourth-order valence-electron chi connectivity index (χ4n) is 5.78. The van der Waals surface area contributed by atoms with E-state index in [1.807, 2.05) is 60.9 Å². The lowest BCUT2D eigenvalue weighted by molar-refractivity contribution is -0.384. The number of amides is 2. The van der Waals surface area contributed by atoms with Crippen molar-refractivity contribution in [3.8, 4) is 5.75 Å². The number of imidazole rings is 1. The SMILES string of the molecule is CC[C@H](C)[C@@H](CN(Cc1cccc2ccccc12)C(=O)c1ccccc1OC(C)=O)NC(=O)Cc1cncn1Cc1ccc([N+](=O)[O-])cc1. The highest BCUT2D eigenvalue weighted by Crippen LogP contribution is 2.25. The van der Waals surface area contributed by atoms with Crippen molar-refractivity contribution in [2.45, 2.75) is 52.7 Å². The molecule has 5 rings (SSSR count). The molecule has 0 unspecified atom stereocenters. The van der Waals surface area contributed by atoms with E-state index in [0.29, 0.717) is 12.2 Å². The molecule has 11 nitrogen and oxygen atoms in total. The summed E-state index contributed by atoms with van der Waals surface area (Å²) < 4.78 is 7.24. The largest absolute Gasteiger partial charge is 0.426 e. The first-order valence-electron chi connectivity index (χ1n) is 16.2. The molecule has 1 aromatic heterocycles. The van der Waals surface area contributed by atoms with E-state index in [9.17, 15) is 24.5 Å². The number of rotatable bonds is 14. The molecule has 2 amide bonds. The van der Waals surface area contributed by atoms with Crippen LogP contribution in [0.1, 0.15) is 54.4 Å². The summed E-state index contributed by atoms with van der Waals surface area (Å²) in [5, 5.41) is 16.3. The first-order valence-corrected chi connectivity index (χ1v) is 16.2. The highest BCUT2D eigenvalue weighted by atomic mass is 16.6. The number of benzene rings is 4. The lowest BCUT2D eigenvalue weighted by Crippen LogP contribution is -2.49. The Morgan fingerprint density at radius 2 is 1.69 bits per heavy atom. The molecule has 0 saturated carbocycles. The molecule has 0 bridgehead atoms. The first kappa shape index (κ1) is 34.5. The number of hydrogen-bond acceptors (Lipinski definition) is 7. The van der Waals surface area contributed by atoms with Gasteiger partial charge in [-0.1, -0.05) is 87.0 Å². The average Bonchev–Trinajstić information content (AvgIpc) is 3.52. The van der Waals surface area contributed by atoms with Crippen molar-refractivity contribution in [3.05, 3.63) is 136 Å². The van der Waals surface area contributed by atoms with Gasteiger partial charge in [0.2, 0.25) is 5.91 Å². The molecule has 0 aliphatic rings. The standard InChI is InChI=1S/C38H39N5O6/c1-4-26(2)35(40-37(45)20-32-21-39-25-42(32)22-28-16-18-31(19-17-28)43(47)48)24-41(23-30-12-9-11-29-10-5-6-13-33(29)30)38(46)34-14-7-8-15-36(34)49-27(3)44/h5-19,21,25-26,35H,4,20,22-24H2,1-3H3,(H,40,45)/t26-,35+/m0/s1. The molecule has 0 aliphatic heterocycles. The van der Waals surface area contributed by atoms with Crippen LogP contribution in [0.3, 0.4) is 0 Å². The van der Waals surface area contributed by atoms with Crippen molar-refractivity contribution < 1.29 is 24.0 Å². The van der Waals surface area contributed by atoms with E-state index in [4.69, 9.17) is 4.74 Å². The minimum atomic E-state index is -0.529. The molecule has 252 valence electrons. The molecule has 11 heteroatoms. The number of nitrogens with one attached hydrogen (secondary N) is 1. The van der Waals surface area contributed by atoms with Gasteiger partial charge >= 0.3 is 5.97 Å². The summed E-state index contributed by atoms with van der Waals surface area (Å²) in [5.41, 5.74) is 2.72. The van der Waals surface area contributed by atoms with E-state index in [1.54, 1.807) is 53.8 Å². The number of aromatic nitrogens is 2. The van der Waals surface area contributed by atoms with Crippen LogP contribution in [0.2, 0.25) is 0 Å². The van der Waals surface area contributed by atoms with Crippen LogP contribution in [0.4, 0.5) is 5.69 Å². The van der Waals surface area contributed by atoms with Gasteiger partial charge in [0.15, 0.2) is 0 Å². The number of ether oxygens (including phenoxy) is 1. The minimum Gasteiger partial charge on any atom is -0.426 e. The number of nitro benzene ring substituents is 1. The van der Waals surface area contributed by atoms with Gasteiger partial charge in [0.05, 0.1) is 23.2 Å². The van der Waals surface area contributed by atoms with Gasteiger partial charge in [0, 0.05) is 56.6 Å². The molecule has 0 aliphatic carbocycles. The summed E-state index contributed by atoms with van der Waals surface area (Å²) in [6.07, 6.45) is 4.06. The molecule has 2 atom stereocenters. The second kappa shape index (κ2) is 15.8. The van der Waals surface area contributed by atoms with Crippen LogP contribution in [0.25, 0.3) is 10.8 Å². The maximum absolute atomic E-state index is 14.3. The zero-order chi connectivity index (χ0) is 34.9. The number of para-hydroxylation sites is 1. The number of non-ortho nitro benzene ring substituents is 1. The van der Waals surface area contributed by atoms with Gasteiger partial charge < -0.3 is 19.5 Å². The maximum Gasteiger partial charge on any atom is 0.308 e. The number of carbonyl (C=O) groups is 3. The second-order valence-corrected chi connectivity index (χ2v) is 12.1. The predicted octanol–water partition coefficient (Wildman–Crippen LogP) is 6.33. The van der Waals surface area contributed by atoms with Gasteiger partial charge in [-0.2, -0.15) is 0 Å². The predicted molar refractivity (Wildman–Crippen MR) is 186 cm³/mol. The fourth-order valence-corrected chi connectivity index (χ4v) is 5.78. The number of esters is 1. The van der Waals surface area contributed by atoms with E-state index in [2.05, 4.69) is 10.3 Å². The summed E-state index contributed by atoms with van der Waals surface area (Å²) in [7, 11) is 0. The van der Waals surface area contributed by atoms with Crippen LogP contribution in [0.5, 0.6) is 5.75 Å². The summed E-state index contributed by atoms with van der Waals surface area (Å²) in [6, 6.07) is 26.5. The minimum absolute atomic E-state index is 0.00733. The van der Waals surface area contributed by atoms with Crippen LogP contribution in [-0.2, 0) is 29.1 Å². The highest BCUT2D eigenvalue weighted by molar-refractivity contribution is 5.98. The Morgan fingerprint density at radius 3 is 2.43 bits per heavy atom. The van der Waals surface area contributed by atoms with E-state index < -0.39 is 16.9 Å². The van der Waals surface area contributed by atoms with E-state index in [1.165, 1.54) is 19.1 Å². The maximum atomic E-state index is 14.3. The van der Waals surface area contributed by atoms with Crippen LogP contribution in [0.15, 0.2) is 104 Å². The highest BCUT2D eigenvalue weighted by Gasteiger charge is 2.28. The molecule has 4 aromatic carbocycles. The Hall–Kier alpha value is -5.84. The summed E-state index contributed by atoms with van der Waals surface area (Å²) >= 11 is 0. The summed E-state index contributed by atoms with van der Waals surface area (Å²) in [6.45, 7) is 6.23. The van der Waals surface area contributed by atoms with Crippen LogP contribution in [0, 0.1) is 16.0 Å². The zero-order valence-corrected chi connectivity index (χ0v) is 27.7. The summed E-state index contributed by atoms with van der Waals surface area (Å²) in [5.74, 6) is -0.894. The quantitative estimate of drug-likeness (QED) is 0.0635. The van der Waals surface area contributed by atoms with Crippen molar-refractivity contribution in [2.24, 2.45) is 5.92 Å². The first-order chi connectivity index (χ1) is 23.6. The Morgan fingerprint density at radius 1 is 0.980 bits per heavy atom. The lowest BCUT2D eigenvalue weighted by atomic mass is 9.97. The van der Waals surface area contributed by atoms with E-state index in [-0.39, 0.29) is 54.2 Å². The van der Waals surface area contributed by atoms with Gasteiger partial charge in [0.1, 0.15) is 5.75 Å². The van der Waals surface area contributed by atoms with E-state index in [0.717, 1.165) is 28.3 Å². The van der Waals surface area contributed by atoms with Gasteiger partial charge in [-0.25, -0.2) is 4.98 Å². The van der Waals surface area contributed by atoms with Gasteiger partial charge in [0.25, 0.3) is 11.6 Å². The van der Waals surface area contributed by atoms with Crippen molar-refractivity contribution >= 4 is 34.2 Å². The molecule has 0 radical (unpaired) electrons. The number of hydrogen-bond donors (Lipinski definition) is 1. The Kier molecular flexibility index (Phi) is 11.1. The Labute approximate surface area is 284 Å². The van der Waals surface area contributed by atoms with Crippen LogP contribution < -0.4 is 10.1 Å².